The normalized spacial score (nSPS) is 17.4. The van der Waals surface area contributed by atoms with Crippen LogP contribution >= 0.6 is 0 Å². The smallest absolute Gasteiger partial charge is 0.335 e. The van der Waals surface area contributed by atoms with Gasteiger partial charge in [-0.15, -0.1) is 0 Å². The maximum Gasteiger partial charge on any atom is 0.335 e. The monoisotopic (exact) mass is 563 g/mol. The van der Waals surface area contributed by atoms with Gasteiger partial charge in [0.1, 0.15) is 12.0 Å². The number of rotatable bonds is 10. The number of hydrogen-bond acceptors (Lipinski definition) is 9. The number of aliphatic hydroxyl groups is 1. The van der Waals surface area contributed by atoms with E-state index in [0.717, 1.165) is 54.7 Å². The van der Waals surface area contributed by atoms with Gasteiger partial charge in [-0.25, -0.2) is 4.79 Å². The van der Waals surface area contributed by atoms with E-state index in [4.69, 9.17) is 23.7 Å². The lowest BCUT2D eigenvalue weighted by Gasteiger charge is -2.32. The summed E-state index contributed by atoms with van der Waals surface area (Å²) < 4.78 is 27.2. The van der Waals surface area contributed by atoms with Gasteiger partial charge in [0.25, 0.3) is 0 Å². The second-order valence-electron chi connectivity index (χ2n) is 9.83. The number of aliphatic hydroxyl groups excluding tert-OH is 1. The predicted octanol–water partition coefficient (Wildman–Crippen LogP) is 4.80. The summed E-state index contributed by atoms with van der Waals surface area (Å²) in [5.74, 6) is 1.22. The molecule has 40 heavy (non-hydrogen) atoms. The standard InChI is InChI=1S/C27H39NO6.C2H6O.C2H4O/c1-6-12-28-13-11-19-14-24-25(33-17-32-24)15-20(19)21(16-28)26(23(7-2)31-5)34-27(30)22(29)10-8-9-18(3)4;1-3-2;1-2-3/h7,9,14-15,21-22,26,29H,6,8,10-13,16-17H2,1-5H3;1-2H3;2H,1H3/b23-7+;;. The van der Waals surface area contributed by atoms with E-state index in [9.17, 15) is 9.90 Å². The second kappa shape index (κ2) is 19.2. The predicted molar refractivity (Wildman–Crippen MR) is 156 cm³/mol. The van der Waals surface area contributed by atoms with Crippen molar-refractivity contribution in [3.05, 3.63) is 46.7 Å². The van der Waals surface area contributed by atoms with Crippen LogP contribution in [0.5, 0.6) is 11.5 Å². The van der Waals surface area contributed by atoms with Gasteiger partial charge in [0.05, 0.1) is 7.11 Å². The quantitative estimate of drug-likeness (QED) is 0.186. The zero-order valence-corrected chi connectivity index (χ0v) is 25.5. The first-order chi connectivity index (χ1) is 19.2. The van der Waals surface area contributed by atoms with E-state index < -0.39 is 18.2 Å². The Labute approximate surface area is 240 Å². The molecule has 3 atom stereocenters. The fourth-order valence-electron chi connectivity index (χ4n) is 4.67. The van der Waals surface area contributed by atoms with Crippen molar-refractivity contribution in [2.75, 3.05) is 47.8 Å². The van der Waals surface area contributed by atoms with Gasteiger partial charge in [-0.1, -0.05) is 18.6 Å². The maximum absolute atomic E-state index is 13.0. The minimum atomic E-state index is -1.19. The number of fused-ring (bicyclic) bond motifs is 2. The molecular weight excluding hydrogens is 514 g/mol. The molecule has 2 aliphatic rings. The number of aldehydes is 1. The molecule has 3 unspecified atom stereocenters. The number of esters is 1. The molecule has 1 N–H and O–H groups in total. The summed E-state index contributed by atoms with van der Waals surface area (Å²) in [6, 6.07) is 4.07. The number of ether oxygens (including phenoxy) is 5. The Morgan fingerprint density at radius 3 is 2.35 bits per heavy atom. The Morgan fingerprint density at radius 1 is 1.18 bits per heavy atom. The first-order valence-corrected chi connectivity index (χ1v) is 13.9. The van der Waals surface area contributed by atoms with E-state index in [2.05, 4.69) is 22.6 Å². The minimum absolute atomic E-state index is 0.182. The van der Waals surface area contributed by atoms with Crippen molar-refractivity contribution in [2.24, 2.45) is 0 Å². The molecule has 3 rings (SSSR count). The van der Waals surface area contributed by atoms with E-state index in [0.29, 0.717) is 30.9 Å². The molecule has 0 amide bonds. The fourth-order valence-corrected chi connectivity index (χ4v) is 4.67. The van der Waals surface area contributed by atoms with E-state index in [1.165, 1.54) is 6.92 Å². The second-order valence-corrected chi connectivity index (χ2v) is 9.83. The average Bonchev–Trinajstić information content (AvgIpc) is 3.30. The van der Waals surface area contributed by atoms with E-state index in [1.807, 2.05) is 39.0 Å². The molecule has 2 heterocycles. The first-order valence-electron chi connectivity index (χ1n) is 13.9. The van der Waals surface area contributed by atoms with E-state index in [1.54, 1.807) is 21.3 Å². The van der Waals surface area contributed by atoms with Gasteiger partial charge >= 0.3 is 5.97 Å². The molecule has 226 valence electrons. The van der Waals surface area contributed by atoms with Crippen LogP contribution in [0.3, 0.4) is 0 Å². The zero-order chi connectivity index (χ0) is 30.1. The third-order valence-electron chi connectivity index (χ3n) is 6.40. The maximum atomic E-state index is 13.0. The Bertz CT molecular complexity index is 970. The lowest BCUT2D eigenvalue weighted by molar-refractivity contribution is -0.160. The molecule has 0 saturated heterocycles. The third kappa shape index (κ3) is 10.9. The molecule has 1 aromatic rings. The molecule has 0 fully saturated rings. The number of carbonyl (C=O) groups excluding carboxylic acids is 2. The Balaban J connectivity index is 0.00000122. The Hall–Kier alpha value is -2.88. The summed E-state index contributed by atoms with van der Waals surface area (Å²) >= 11 is 0. The first kappa shape index (κ1) is 35.1. The SMILES string of the molecule is C/C=C(/OC)C(OC(=O)C(O)CCC=C(C)C)C1CN(CCC)CCc2cc3c(cc21)OCO3.CC=O.COC. The molecule has 9 nitrogen and oxygen atoms in total. The molecule has 9 heteroatoms. The average molecular weight is 564 g/mol. The molecule has 0 saturated carbocycles. The largest absolute Gasteiger partial charge is 0.497 e. The molecule has 1 aromatic carbocycles. The van der Waals surface area contributed by atoms with E-state index in [-0.39, 0.29) is 12.7 Å². The summed E-state index contributed by atoms with van der Waals surface area (Å²) in [5, 5.41) is 10.5. The third-order valence-corrected chi connectivity index (χ3v) is 6.40. The van der Waals surface area contributed by atoms with Crippen molar-refractivity contribution in [3.8, 4) is 11.5 Å². The van der Waals surface area contributed by atoms with Gasteiger partial charge in [-0.05, 0) is 89.3 Å². The van der Waals surface area contributed by atoms with Crippen molar-refractivity contribution in [2.45, 2.75) is 78.4 Å². The number of carbonyl (C=O) groups is 2. The molecule has 0 bridgehead atoms. The number of nitrogens with zero attached hydrogens (tertiary/aromatic N) is 1. The topological polar surface area (TPSA) is 104 Å². The fraction of sp³-hybridized carbons (Fsp3) is 0.613. The summed E-state index contributed by atoms with van der Waals surface area (Å²) in [5.41, 5.74) is 3.37. The summed E-state index contributed by atoms with van der Waals surface area (Å²) in [6.45, 7) is 12.2. The molecule has 0 aromatic heterocycles. The van der Waals surface area contributed by atoms with Gasteiger partial charge < -0.3 is 38.5 Å². The van der Waals surface area contributed by atoms with Gasteiger partial charge in [0, 0.05) is 33.2 Å². The number of hydrogen-bond donors (Lipinski definition) is 1. The van der Waals surface area contributed by atoms with Crippen molar-refractivity contribution in [1.82, 2.24) is 4.90 Å². The van der Waals surface area contributed by atoms with Crippen molar-refractivity contribution in [1.29, 1.82) is 0 Å². The molecule has 2 aliphatic heterocycles. The lowest BCUT2D eigenvalue weighted by atomic mass is 9.87. The summed E-state index contributed by atoms with van der Waals surface area (Å²) in [6.07, 6.45) is 5.55. The van der Waals surface area contributed by atoms with Crippen LogP contribution in [-0.4, -0.2) is 82.2 Å². The van der Waals surface area contributed by atoms with Crippen LogP contribution < -0.4 is 9.47 Å². The summed E-state index contributed by atoms with van der Waals surface area (Å²) in [7, 11) is 4.84. The van der Waals surface area contributed by atoms with E-state index >= 15 is 0 Å². The number of benzene rings is 1. The highest BCUT2D eigenvalue weighted by molar-refractivity contribution is 5.75. The van der Waals surface area contributed by atoms with Crippen LogP contribution in [0.1, 0.15) is 70.9 Å². The molecule has 0 radical (unpaired) electrons. The Morgan fingerprint density at radius 2 is 1.80 bits per heavy atom. The lowest BCUT2D eigenvalue weighted by Crippen LogP contribution is -2.38. The number of allylic oxidation sites excluding steroid dienone is 3. The van der Waals surface area contributed by atoms with Crippen molar-refractivity contribution in [3.63, 3.8) is 0 Å². The van der Waals surface area contributed by atoms with Crippen LogP contribution in [0.2, 0.25) is 0 Å². The number of methoxy groups -OCH3 is 2. The van der Waals surface area contributed by atoms with Gasteiger partial charge in [0.2, 0.25) is 6.79 Å². The van der Waals surface area contributed by atoms with Crippen LogP contribution in [0.25, 0.3) is 0 Å². The van der Waals surface area contributed by atoms with Gasteiger partial charge in [-0.2, -0.15) is 0 Å². The Kier molecular flexibility index (Phi) is 16.9. The zero-order valence-electron chi connectivity index (χ0n) is 25.5. The molecule has 0 spiro atoms. The highest BCUT2D eigenvalue weighted by Gasteiger charge is 2.37. The van der Waals surface area contributed by atoms with Gasteiger partial charge in [-0.3, -0.25) is 0 Å². The van der Waals surface area contributed by atoms with Crippen LogP contribution in [0.4, 0.5) is 0 Å². The van der Waals surface area contributed by atoms with Crippen LogP contribution in [0, 0.1) is 0 Å². The molecular formula is C31H49NO8. The molecule has 0 aliphatic carbocycles. The van der Waals surface area contributed by atoms with Crippen molar-refractivity contribution >= 4 is 12.3 Å². The van der Waals surface area contributed by atoms with Crippen LogP contribution in [-0.2, 0) is 30.2 Å². The van der Waals surface area contributed by atoms with Gasteiger partial charge in [0.15, 0.2) is 23.7 Å². The highest BCUT2D eigenvalue weighted by Crippen LogP contribution is 2.41. The minimum Gasteiger partial charge on any atom is -0.497 e. The van der Waals surface area contributed by atoms with Crippen LogP contribution in [0.15, 0.2) is 35.6 Å². The van der Waals surface area contributed by atoms with Crippen molar-refractivity contribution < 1.29 is 38.4 Å². The summed E-state index contributed by atoms with van der Waals surface area (Å²) in [4.78, 5) is 24.2. The highest BCUT2D eigenvalue weighted by atomic mass is 16.7.